The third-order valence-corrected chi connectivity index (χ3v) is 5.92. The van der Waals surface area contributed by atoms with Gasteiger partial charge in [0.15, 0.2) is 0 Å². The van der Waals surface area contributed by atoms with Gasteiger partial charge in [-0.1, -0.05) is 32.1 Å². The minimum atomic E-state index is -1.34. The molecular formula is C18H28O6. The summed E-state index contributed by atoms with van der Waals surface area (Å²) in [7, 11) is 0. The predicted molar refractivity (Wildman–Crippen MR) is 88.0 cm³/mol. The molecule has 6 nitrogen and oxygen atoms in total. The number of aliphatic hydroxyl groups excluding tert-OH is 3. The Morgan fingerprint density at radius 1 is 1.17 bits per heavy atom. The number of carboxylic acid groups (broad SMARTS) is 1. The zero-order valence-electron chi connectivity index (χ0n) is 14.1. The van der Waals surface area contributed by atoms with Crippen molar-refractivity contribution < 1.29 is 30.3 Å². The molecule has 5 N–H and O–H groups in total. The van der Waals surface area contributed by atoms with E-state index in [0.29, 0.717) is 6.42 Å². The van der Waals surface area contributed by atoms with Crippen LogP contribution in [0.4, 0.5) is 0 Å². The Morgan fingerprint density at radius 2 is 1.83 bits per heavy atom. The number of hydrogen-bond acceptors (Lipinski definition) is 5. The monoisotopic (exact) mass is 340 g/mol. The van der Waals surface area contributed by atoms with E-state index in [1.807, 2.05) is 6.92 Å². The lowest BCUT2D eigenvalue weighted by Crippen LogP contribution is -2.64. The van der Waals surface area contributed by atoms with Crippen LogP contribution in [0.1, 0.15) is 26.7 Å². The lowest BCUT2D eigenvalue weighted by atomic mass is 9.52. The molecule has 0 aromatic heterocycles. The minimum absolute atomic E-state index is 0.0293. The van der Waals surface area contributed by atoms with Gasteiger partial charge in [-0.2, -0.15) is 0 Å². The Bertz CT molecular complexity index is 516. The molecule has 0 bridgehead atoms. The number of rotatable bonds is 4. The minimum Gasteiger partial charge on any atom is -0.478 e. The Labute approximate surface area is 142 Å². The van der Waals surface area contributed by atoms with E-state index in [-0.39, 0.29) is 30.3 Å². The first-order chi connectivity index (χ1) is 11.2. The van der Waals surface area contributed by atoms with Crippen molar-refractivity contribution in [3.05, 3.63) is 24.3 Å². The molecule has 2 aliphatic carbocycles. The summed E-state index contributed by atoms with van der Waals surface area (Å²) in [5.74, 6) is -2.12. The standard InChI is InChI=1S/C18H28O6/c1-10-7-12(9-19)8-13-15(10)18(24,6-4-3-5-14(20)21)11(2)16(22)17(13)23/h3-6,10-13,15-17,19,22-24H,7-9H2,1-2H3,(H,20,21)/b5-3+,6-4+/t10-,11+,12+,13+,15+,16+,17+,18-/m0/s1. The molecule has 0 aliphatic heterocycles. The number of allylic oxidation sites excluding steroid dienone is 2. The number of carboxylic acids is 1. The quantitative estimate of drug-likeness (QED) is 0.377. The van der Waals surface area contributed by atoms with Crippen molar-refractivity contribution >= 4 is 5.97 Å². The number of hydrogen-bond donors (Lipinski definition) is 5. The molecule has 0 spiro atoms. The van der Waals surface area contributed by atoms with Gasteiger partial charge in [0, 0.05) is 18.6 Å². The first-order valence-electron chi connectivity index (χ1n) is 8.50. The fourth-order valence-corrected chi connectivity index (χ4v) is 4.76. The van der Waals surface area contributed by atoms with Crippen molar-refractivity contribution in [3.8, 4) is 0 Å². The third-order valence-electron chi connectivity index (χ3n) is 5.92. The highest BCUT2D eigenvalue weighted by Gasteiger charge is 2.58. The fraction of sp³-hybridized carbons (Fsp3) is 0.722. The Morgan fingerprint density at radius 3 is 2.42 bits per heavy atom. The summed E-state index contributed by atoms with van der Waals surface area (Å²) in [6.45, 7) is 3.71. The van der Waals surface area contributed by atoms with Gasteiger partial charge in [0.2, 0.25) is 0 Å². The Balaban J connectivity index is 2.35. The molecule has 24 heavy (non-hydrogen) atoms. The molecule has 2 aliphatic rings. The summed E-state index contributed by atoms with van der Waals surface area (Å²) < 4.78 is 0. The average Bonchev–Trinajstić information content (AvgIpc) is 2.54. The third kappa shape index (κ3) is 3.42. The summed E-state index contributed by atoms with van der Waals surface area (Å²) in [4.78, 5) is 10.6. The second kappa shape index (κ2) is 7.35. The molecule has 0 amide bonds. The molecule has 6 heteroatoms. The molecular weight excluding hydrogens is 312 g/mol. The van der Waals surface area contributed by atoms with Crippen LogP contribution in [-0.4, -0.2) is 55.9 Å². The SMILES string of the molecule is C[C@@H]1[C@@H](O)[C@H](O)[C@@H]2C[C@H](CO)C[C@H](C)[C@H]2[C@]1(O)/C=C/C=C/C(=O)O. The van der Waals surface area contributed by atoms with Crippen LogP contribution in [0, 0.1) is 29.6 Å². The van der Waals surface area contributed by atoms with Crippen LogP contribution >= 0.6 is 0 Å². The maximum Gasteiger partial charge on any atom is 0.328 e. The van der Waals surface area contributed by atoms with Crippen molar-refractivity contribution in [3.63, 3.8) is 0 Å². The van der Waals surface area contributed by atoms with E-state index in [1.165, 1.54) is 12.2 Å². The van der Waals surface area contributed by atoms with Crippen molar-refractivity contribution in [1.29, 1.82) is 0 Å². The number of carbonyl (C=O) groups is 1. The van der Waals surface area contributed by atoms with Gasteiger partial charge in [-0.15, -0.1) is 0 Å². The average molecular weight is 340 g/mol. The van der Waals surface area contributed by atoms with Crippen LogP contribution in [0.25, 0.3) is 0 Å². The molecule has 2 fully saturated rings. The van der Waals surface area contributed by atoms with Gasteiger partial charge >= 0.3 is 5.97 Å². The van der Waals surface area contributed by atoms with E-state index < -0.39 is 29.7 Å². The van der Waals surface area contributed by atoms with Gasteiger partial charge in [-0.05, 0) is 36.5 Å². The van der Waals surface area contributed by atoms with E-state index in [1.54, 1.807) is 13.0 Å². The fourth-order valence-electron chi connectivity index (χ4n) is 4.76. The second-order valence-electron chi connectivity index (χ2n) is 7.40. The molecule has 2 saturated carbocycles. The van der Waals surface area contributed by atoms with Crippen LogP contribution < -0.4 is 0 Å². The summed E-state index contributed by atoms with van der Waals surface area (Å²) in [6.07, 6.45) is 4.62. The first-order valence-corrected chi connectivity index (χ1v) is 8.50. The molecule has 0 radical (unpaired) electrons. The number of fused-ring (bicyclic) bond motifs is 1. The first kappa shape index (κ1) is 19.1. The van der Waals surface area contributed by atoms with Crippen LogP contribution in [0.15, 0.2) is 24.3 Å². The van der Waals surface area contributed by atoms with E-state index >= 15 is 0 Å². The zero-order valence-corrected chi connectivity index (χ0v) is 14.1. The summed E-state index contributed by atoms with van der Waals surface area (Å²) >= 11 is 0. The normalized spacial score (nSPS) is 46.3. The van der Waals surface area contributed by atoms with Crippen molar-refractivity contribution in [2.24, 2.45) is 29.6 Å². The van der Waals surface area contributed by atoms with Gasteiger partial charge in [0.25, 0.3) is 0 Å². The van der Waals surface area contributed by atoms with Crippen molar-refractivity contribution in [2.45, 2.75) is 44.5 Å². The lowest BCUT2D eigenvalue weighted by Gasteiger charge is -2.57. The Kier molecular flexibility index (Phi) is 5.86. The van der Waals surface area contributed by atoms with E-state index in [2.05, 4.69) is 0 Å². The maximum absolute atomic E-state index is 11.3. The largest absolute Gasteiger partial charge is 0.478 e. The smallest absolute Gasteiger partial charge is 0.328 e. The van der Waals surface area contributed by atoms with Crippen LogP contribution in [-0.2, 0) is 4.79 Å². The van der Waals surface area contributed by atoms with Crippen LogP contribution in [0.3, 0.4) is 0 Å². The second-order valence-corrected chi connectivity index (χ2v) is 7.40. The van der Waals surface area contributed by atoms with Gasteiger partial charge < -0.3 is 25.5 Å². The van der Waals surface area contributed by atoms with Crippen LogP contribution in [0.2, 0.25) is 0 Å². The molecule has 0 heterocycles. The van der Waals surface area contributed by atoms with Gasteiger partial charge in [0.1, 0.15) is 0 Å². The molecule has 0 saturated heterocycles. The summed E-state index contributed by atoms with van der Waals surface area (Å²) in [6, 6.07) is 0. The molecule has 0 aromatic rings. The summed E-state index contributed by atoms with van der Waals surface area (Å²) in [5, 5.41) is 50.3. The zero-order chi connectivity index (χ0) is 18.1. The summed E-state index contributed by atoms with van der Waals surface area (Å²) in [5.41, 5.74) is -1.34. The molecule has 0 aromatic carbocycles. The highest BCUT2D eigenvalue weighted by Crippen LogP contribution is 2.52. The predicted octanol–water partition coefficient (Wildman–Crippen LogP) is 0.557. The van der Waals surface area contributed by atoms with Crippen LogP contribution in [0.5, 0.6) is 0 Å². The maximum atomic E-state index is 11.3. The number of aliphatic carboxylic acids is 1. The van der Waals surface area contributed by atoms with E-state index in [0.717, 1.165) is 12.5 Å². The van der Waals surface area contributed by atoms with Gasteiger partial charge in [-0.25, -0.2) is 4.79 Å². The van der Waals surface area contributed by atoms with Crippen molar-refractivity contribution in [2.75, 3.05) is 6.61 Å². The van der Waals surface area contributed by atoms with E-state index in [9.17, 15) is 25.2 Å². The van der Waals surface area contributed by atoms with Gasteiger partial charge in [-0.3, -0.25) is 0 Å². The topological polar surface area (TPSA) is 118 Å². The Hall–Kier alpha value is -1.21. The highest BCUT2D eigenvalue weighted by molar-refractivity contribution is 5.80. The van der Waals surface area contributed by atoms with E-state index in [4.69, 9.17) is 5.11 Å². The molecule has 2 rings (SSSR count). The van der Waals surface area contributed by atoms with Gasteiger partial charge in [0.05, 0.1) is 17.8 Å². The molecule has 8 atom stereocenters. The highest BCUT2D eigenvalue weighted by atomic mass is 16.4. The molecule has 136 valence electrons. The molecule has 0 unspecified atom stereocenters. The lowest BCUT2D eigenvalue weighted by molar-refractivity contribution is -0.209. The number of aliphatic hydroxyl groups is 4. The van der Waals surface area contributed by atoms with Crippen molar-refractivity contribution in [1.82, 2.24) is 0 Å².